The molecule has 0 saturated heterocycles. The van der Waals surface area contributed by atoms with E-state index in [-0.39, 0.29) is 0 Å². The summed E-state index contributed by atoms with van der Waals surface area (Å²) in [5.74, 6) is 0.772. The second-order valence-electron chi connectivity index (χ2n) is 6.11. The zero-order chi connectivity index (χ0) is 14.5. The summed E-state index contributed by atoms with van der Waals surface area (Å²) >= 11 is 5.97. The Morgan fingerprint density at radius 1 is 1.25 bits per heavy atom. The number of hydrogen-bond donors (Lipinski definition) is 1. The molecule has 1 fully saturated rings. The number of nitrogens with zero attached hydrogens (tertiary/aromatic N) is 1. The summed E-state index contributed by atoms with van der Waals surface area (Å²) in [6.07, 6.45) is 5.43. The minimum absolute atomic E-state index is 0.437. The van der Waals surface area contributed by atoms with Crippen molar-refractivity contribution in [3.05, 3.63) is 34.9 Å². The maximum absolute atomic E-state index is 5.97. The molecule has 3 heteroatoms. The summed E-state index contributed by atoms with van der Waals surface area (Å²) in [5, 5.41) is 4.31. The summed E-state index contributed by atoms with van der Waals surface area (Å²) in [4.78, 5) is 2.48. The van der Waals surface area contributed by atoms with Gasteiger partial charge in [-0.15, -0.1) is 0 Å². The molecule has 1 aliphatic rings. The van der Waals surface area contributed by atoms with Crippen molar-refractivity contribution in [1.29, 1.82) is 0 Å². The van der Waals surface area contributed by atoms with E-state index in [9.17, 15) is 0 Å². The molecule has 3 atom stereocenters. The van der Waals surface area contributed by atoms with Crippen LogP contribution in [-0.4, -0.2) is 31.6 Å². The molecule has 0 aromatic heterocycles. The van der Waals surface area contributed by atoms with E-state index in [1.165, 1.54) is 31.2 Å². The van der Waals surface area contributed by atoms with Crippen LogP contribution in [0.15, 0.2) is 24.3 Å². The molecule has 0 amide bonds. The Morgan fingerprint density at radius 3 is 2.55 bits per heavy atom. The topological polar surface area (TPSA) is 15.3 Å². The van der Waals surface area contributed by atoms with E-state index in [1.807, 2.05) is 12.1 Å². The van der Waals surface area contributed by atoms with Gasteiger partial charge >= 0.3 is 0 Å². The summed E-state index contributed by atoms with van der Waals surface area (Å²) in [6.45, 7) is 3.44. The molecular weight excluding hydrogens is 268 g/mol. The summed E-state index contributed by atoms with van der Waals surface area (Å²) in [5.41, 5.74) is 1.34. The predicted octanol–water partition coefficient (Wildman–Crippen LogP) is 4.11. The van der Waals surface area contributed by atoms with Gasteiger partial charge in [0.2, 0.25) is 0 Å². The smallest absolute Gasteiger partial charge is 0.0406 e. The van der Waals surface area contributed by atoms with Crippen molar-refractivity contribution < 1.29 is 0 Å². The van der Waals surface area contributed by atoms with Crippen molar-refractivity contribution in [3.8, 4) is 0 Å². The third-order valence-corrected chi connectivity index (χ3v) is 5.07. The lowest BCUT2D eigenvalue weighted by Gasteiger charge is -2.36. The van der Waals surface area contributed by atoms with Crippen LogP contribution in [0.25, 0.3) is 0 Å². The van der Waals surface area contributed by atoms with Crippen molar-refractivity contribution in [2.75, 3.05) is 20.6 Å². The van der Waals surface area contributed by atoms with Gasteiger partial charge in [-0.2, -0.15) is 0 Å². The van der Waals surface area contributed by atoms with E-state index in [2.05, 4.69) is 43.4 Å². The summed E-state index contributed by atoms with van der Waals surface area (Å²) in [6, 6.07) is 9.37. The van der Waals surface area contributed by atoms with Gasteiger partial charge in [0, 0.05) is 23.7 Å². The van der Waals surface area contributed by atoms with E-state index in [0.29, 0.717) is 12.1 Å². The van der Waals surface area contributed by atoms with Crippen LogP contribution in [0.3, 0.4) is 0 Å². The summed E-state index contributed by atoms with van der Waals surface area (Å²) in [7, 11) is 4.34. The van der Waals surface area contributed by atoms with Gasteiger partial charge in [-0.25, -0.2) is 0 Å². The van der Waals surface area contributed by atoms with Crippen LogP contribution >= 0.6 is 11.6 Å². The SMILES string of the molecule is CNC1CCCCC1CN(C)C(C)c1ccc(Cl)cc1. The standard InChI is InChI=1S/C17H27ClN2/c1-13(14-8-10-16(18)11-9-14)20(3)12-15-6-4-5-7-17(15)19-2/h8-11,13,15,17,19H,4-7,12H2,1-3H3. The van der Waals surface area contributed by atoms with E-state index >= 15 is 0 Å². The molecule has 0 heterocycles. The second kappa shape index (κ2) is 7.44. The first kappa shape index (κ1) is 15.8. The van der Waals surface area contributed by atoms with Gasteiger partial charge in [0.15, 0.2) is 0 Å². The van der Waals surface area contributed by atoms with Crippen molar-refractivity contribution in [1.82, 2.24) is 10.2 Å². The van der Waals surface area contributed by atoms with E-state index < -0.39 is 0 Å². The van der Waals surface area contributed by atoms with Crippen molar-refractivity contribution in [2.45, 2.75) is 44.7 Å². The first-order chi connectivity index (χ1) is 9.61. The average Bonchev–Trinajstić information content (AvgIpc) is 2.48. The minimum Gasteiger partial charge on any atom is -0.317 e. The zero-order valence-corrected chi connectivity index (χ0v) is 13.7. The Balaban J connectivity index is 1.96. The summed E-state index contributed by atoms with van der Waals surface area (Å²) < 4.78 is 0. The largest absolute Gasteiger partial charge is 0.317 e. The Bertz CT molecular complexity index is 404. The molecule has 1 aliphatic carbocycles. The molecule has 1 aromatic rings. The average molecular weight is 295 g/mol. The molecule has 1 N–H and O–H groups in total. The third kappa shape index (κ3) is 3.97. The van der Waals surface area contributed by atoms with Crippen LogP contribution in [0.5, 0.6) is 0 Å². The lowest BCUT2D eigenvalue weighted by atomic mass is 9.84. The predicted molar refractivity (Wildman–Crippen MR) is 87.3 cm³/mol. The van der Waals surface area contributed by atoms with Crippen LogP contribution < -0.4 is 5.32 Å². The molecule has 2 rings (SSSR count). The Morgan fingerprint density at radius 2 is 1.90 bits per heavy atom. The number of benzene rings is 1. The van der Waals surface area contributed by atoms with Crippen LogP contribution in [0.4, 0.5) is 0 Å². The maximum atomic E-state index is 5.97. The minimum atomic E-state index is 0.437. The highest BCUT2D eigenvalue weighted by Crippen LogP contribution is 2.28. The van der Waals surface area contributed by atoms with Crippen LogP contribution in [0.1, 0.15) is 44.2 Å². The molecule has 0 aliphatic heterocycles. The molecule has 3 unspecified atom stereocenters. The maximum Gasteiger partial charge on any atom is 0.0406 e. The fourth-order valence-corrected chi connectivity index (χ4v) is 3.46. The molecule has 0 spiro atoms. The first-order valence-electron chi connectivity index (χ1n) is 7.74. The fourth-order valence-electron chi connectivity index (χ4n) is 3.33. The second-order valence-corrected chi connectivity index (χ2v) is 6.54. The molecule has 1 saturated carbocycles. The molecule has 20 heavy (non-hydrogen) atoms. The van der Waals surface area contributed by atoms with Crippen LogP contribution in [0.2, 0.25) is 5.02 Å². The van der Waals surface area contributed by atoms with Crippen LogP contribution in [-0.2, 0) is 0 Å². The quantitative estimate of drug-likeness (QED) is 0.879. The monoisotopic (exact) mass is 294 g/mol. The Labute approximate surface area is 128 Å². The Kier molecular flexibility index (Phi) is 5.88. The Hall–Kier alpha value is -0.570. The molecule has 0 bridgehead atoms. The molecule has 0 radical (unpaired) electrons. The number of rotatable bonds is 5. The molecular formula is C17H27ClN2. The highest BCUT2D eigenvalue weighted by Gasteiger charge is 2.26. The van der Waals surface area contributed by atoms with Gasteiger partial charge in [0.1, 0.15) is 0 Å². The lowest BCUT2D eigenvalue weighted by molar-refractivity contribution is 0.165. The molecule has 2 nitrogen and oxygen atoms in total. The molecule has 112 valence electrons. The number of hydrogen-bond acceptors (Lipinski definition) is 2. The third-order valence-electron chi connectivity index (χ3n) is 4.82. The highest BCUT2D eigenvalue weighted by molar-refractivity contribution is 6.30. The fraction of sp³-hybridized carbons (Fsp3) is 0.647. The van der Waals surface area contributed by atoms with E-state index in [4.69, 9.17) is 11.6 Å². The first-order valence-corrected chi connectivity index (χ1v) is 8.12. The van der Waals surface area contributed by atoms with Gasteiger partial charge in [0.25, 0.3) is 0 Å². The van der Waals surface area contributed by atoms with Crippen molar-refractivity contribution in [3.63, 3.8) is 0 Å². The van der Waals surface area contributed by atoms with E-state index in [1.54, 1.807) is 0 Å². The van der Waals surface area contributed by atoms with Gasteiger partial charge < -0.3 is 5.32 Å². The van der Waals surface area contributed by atoms with Gasteiger partial charge in [-0.05, 0) is 57.5 Å². The van der Waals surface area contributed by atoms with Gasteiger partial charge in [-0.3, -0.25) is 4.90 Å². The van der Waals surface area contributed by atoms with Gasteiger partial charge in [-0.1, -0.05) is 36.6 Å². The van der Waals surface area contributed by atoms with Crippen molar-refractivity contribution >= 4 is 11.6 Å². The zero-order valence-electron chi connectivity index (χ0n) is 12.9. The van der Waals surface area contributed by atoms with Gasteiger partial charge in [0.05, 0.1) is 0 Å². The van der Waals surface area contributed by atoms with Crippen molar-refractivity contribution in [2.24, 2.45) is 5.92 Å². The normalized spacial score (nSPS) is 24.9. The van der Waals surface area contributed by atoms with E-state index in [0.717, 1.165) is 17.5 Å². The number of halogens is 1. The van der Waals surface area contributed by atoms with Crippen LogP contribution in [0, 0.1) is 5.92 Å². The highest BCUT2D eigenvalue weighted by atomic mass is 35.5. The number of nitrogens with one attached hydrogen (secondary N) is 1. The lowest BCUT2D eigenvalue weighted by Crippen LogP contribution is -2.42. The molecule has 1 aromatic carbocycles.